The first-order chi connectivity index (χ1) is 8.26. The van der Waals surface area contributed by atoms with Gasteiger partial charge in [-0.05, 0) is 58.2 Å². The van der Waals surface area contributed by atoms with E-state index in [9.17, 15) is 0 Å². The van der Waals surface area contributed by atoms with Crippen molar-refractivity contribution in [2.45, 2.75) is 65.1 Å². The van der Waals surface area contributed by atoms with Gasteiger partial charge in [-0.3, -0.25) is 0 Å². The van der Waals surface area contributed by atoms with E-state index in [4.69, 9.17) is 13.0 Å². The second-order valence-corrected chi connectivity index (χ2v) is 17.0. The Hall–Kier alpha value is 0.531. The van der Waals surface area contributed by atoms with Crippen LogP contribution in [0.5, 0.6) is 0 Å². The first kappa shape index (κ1) is 18.5. The topological polar surface area (TPSA) is 27.7 Å². The third kappa shape index (κ3) is 8.60. The highest BCUT2D eigenvalue weighted by Crippen LogP contribution is 2.23. The fourth-order valence-corrected chi connectivity index (χ4v) is 13.8. The Labute approximate surface area is 117 Å². The third-order valence-electron chi connectivity index (χ3n) is 3.09. The molecule has 0 radical (unpaired) electrons. The lowest BCUT2D eigenvalue weighted by molar-refractivity contribution is 0.214. The van der Waals surface area contributed by atoms with Crippen molar-refractivity contribution in [1.29, 1.82) is 0 Å². The van der Waals surface area contributed by atoms with E-state index in [-0.39, 0.29) is 0 Å². The third-order valence-corrected chi connectivity index (χ3v) is 13.5. The Bertz CT molecular complexity index is 217. The highest BCUT2D eigenvalue weighted by atomic mass is 28.4. The normalized spacial score (nSPS) is 13.3. The van der Waals surface area contributed by atoms with Crippen molar-refractivity contribution in [3.05, 3.63) is 0 Å². The van der Waals surface area contributed by atoms with Gasteiger partial charge in [-0.15, -0.1) is 0 Å². The van der Waals surface area contributed by atoms with Gasteiger partial charge in [0.15, 0.2) is 16.6 Å². The molecule has 0 aromatic rings. The van der Waals surface area contributed by atoms with E-state index < -0.39 is 25.9 Å². The van der Waals surface area contributed by atoms with E-state index >= 15 is 0 Å². The number of rotatable bonds is 10. The molecule has 0 aliphatic heterocycles. The Balaban J connectivity index is 4.21. The van der Waals surface area contributed by atoms with E-state index in [0.29, 0.717) is 0 Å². The van der Waals surface area contributed by atoms with Gasteiger partial charge in [-0.1, -0.05) is 6.92 Å². The second-order valence-electron chi connectivity index (χ2n) is 5.85. The fourth-order valence-electron chi connectivity index (χ4n) is 1.92. The van der Waals surface area contributed by atoms with Gasteiger partial charge in [0.05, 0.1) is 0 Å². The average Bonchev–Trinajstić information content (AvgIpc) is 2.25. The number of hydrogen-bond donors (Lipinski definition) is 0. The van der Waals surface area contributed by atoms with E-state index in [2.05, 4.69) is 33.1 Å². The van der Waals surface area contributed by atoms with Crippen molar-refractivity contribution in [1.82, 2.24) is 0 Å². The first-order valence-electron chi connectivity index (χ1n) is 7.19. The molecule has 0 heterocycles. The zero-order valence-corrected chi connectivity index (χ0v) is 16.5. The minimum atomic E-state index is -1.54. The molecule has 0 rings (SSSR count). The quantitative estimate of drug-likeness (QED) is 0.576. The Morgan fingerprint density at radius 3 is 1.72 bits per heavy atom. The molecular weight excluding hydrogens is 276 g/mol. The van der Waals surface area contributed by atoms with E-state index in [0.717, 1.165) is 19.3 Å². The van der Waals surface area contributed by atoms with Gasteiger partial charge in [0.25, 0.3) is 0 Å². The average molecular weight is 309 g/mol. The van der Waals surface area contributed by atoms with Gasteiger partial charge >= 0.3 is 9.28 Å². The molecule has 0 N–H and O–H groups in total. The molecule has 110 valence electrons. The van der Waals surface area contributed by atoms with Crippen LogP contribution in [0.2, 0.25) is 44.3 Å². The molecule has 6 heteroatoms. The summed E-state index contributed by atoms with van der Waals surface area (Å²) in [7, 11) is -4.41. The van der Waals surface area contributed by atoms with Crippen molar-refractivity contribution in [2.75, 3.05) is 13.2 Å². The summed E-state index contributed by atoms with van der Waals surface area (Å²) in [4.78, 5) is 0. The molecule has 0 saturated heterocycles. The Kier molecular flexibility index (Phi) is 8.91. The Morgan fingerprint density at radius 2 is 1.33 bits per heavy atom. The summed E-state index contributed by atoms with van der Waals surface area (Å²) < 4.78 is 17.9. The largest absolute Gasteiger partial charge is 0.456 e. The van der Waals surface area contributed by atoms with Crippen LogP contribution in [-0.4, -0.2) is 39.1 Å². The van der Waals surface area contributed by atoms with Crippen LogP contribution in [0.1, 0.15) is 20.8 Å². The standard InChI is InChI=1S/C12H32O3Si3/c1-8-13-16(14-9-2)11-12-18(6,7)15-17(4,5)10-3/h16H,8-12H2,1-7H3. The second kappa shape index (κ2) is 8.65. The zero-order chi connectivity index (χ0) is 14.2. The van der Waals surface area contributed by atoms with Crippen LogP contribution in [0.15, 0.2) is 0 Å². The van der Waals surface area contributed by atoms with E-state index in [1.165, 1.54) is 12.1 Å². The zero-order valence-electron chi connectivity index (χ0n) is 13.3. The maximum atomic E-state index is 6.47. The molecule has 0 amide bonds. The summed E-state index contributed by atoms with van der Waals surface area (Å²) in [5.41, 5.74) is 0. The van der Waals surface area contributed by atoms with Crippen molar-refractivity contribution in [3.63, 3.8) is 0 Å². The van der Waals surface area contributed by atoms with Crippen LogP contribution in [0, 0.1) is 0 Å². The summed E-state index contributed by atoms with van der Waals surface area (Å²) in [6.45, 7) is 17.2. The SMILES string of the molecule is CCO[SiH](CC[Si](C)(C)O[Si](C)(C)CC)OCC. The minimum absolute atomic E-state index is 0.773. The van der Waals surface area contributed by atoms with Crippen molar-refractivity contribution < 1.29 is 13.0 Å². The van der Waals surface area contributed by atoms with Crippen molar-refractivity contribution in [3.8, 4) is 0 Å². The van der Waals surface area contributed by atoms with Gasteiger partial charge in [-0.2, -0.15) is 0 Å². The lowest BCUT2D eigenvalue weighted by Crippen LogP contribution is -2.44. The van der Waals surface area contributed by atoms with E-state index in [1.807, 2.05) is 13.8 Å². The molecule has 0 bridgehead atoms. The first-order valence-corrected chi connectivity index (χ1v) is 15.2. The smallest absolute Gasteiger partial charge is 0.321 e. The fraction of sp³-hybridized carbons (Fsp3) is 1.00. The van der Waals surface area contributed by atoms with Crippen LogP contribution in [-0.2, 0) is 13.0 Å². The molecule has 0 aromatic carbocycles. The summed E-state index contributed by atoms with van der Waals surface area (Å²) in [5, 5.41) is 0. The maximum absolute atomic E-state index is 6.47. The summed E-state index contributed by atoms with van der Waals surface area (Å²) in [6.07, 6.45) is 0. The van der Waals surface area contributed by atoms with Crippen LogP contribution in [0.3, 0.4) is 0 Å². The maximum Gasteiger partial charge on any atom is 0.321 e. The molecule has 0 aromatic heterocycles. The monoisotopic (exact) mass is 308 g/mol. The van der Waals surface area contributed by atoms with Crippen molar-refractivity contribution in [2.24, 2.45) is 0 Å². The predicted molar refractivity (Wildman–Crippen MR) is 86.5 cm³/mol. The van der Waals surface area contributed by atoms with Crippen LogP contribution in [0.4, 0.5) is 0 Å². The summed E-state index contributed by atoms with van der Waals surface area (Å²) in [5.74, 6) is 0. The molecule has 18 heavy (non-hydrogen) atoms. The van der Waals surface area contributed by atoms with E-state index in [1.54, 1.807) is 0 Å². The highest BCUT2D eigenvalue weighted by Gasteiger charge is 2.32. The molecule has 0 saturated carbocycles. The predicted octanol–water partition coefficient (Wildman–Crippen LogP) is 3.73. The van der Waals surface area contributed by atoms with Gasteiger partial charge in [-0.25, -0.2) is 0 Å². The lowest BCUT2D eigenvalue weighted by atomic mass is 10.9. The molecule has 0 aliphatic rings. The lowest BCUT2D eigenvalue weighted by Gasteiger charge is -2.34. The van der Waals surface area contributed by atoms with Crippen LogP contribution < -0.4 is 0 Å². The van der Waals surface area contributed by atoms with Crippen LogP contribution >= 0.6 is 0 Å². The van der Waals surface area contributed by atoms with Crippen molar-refractivity contribution >= 4 is 25.9 Å². The molecular formula is C12H32O3Si3. The van der Waals surface area contributed by atoms with Gasteiger partial charge in [0, 0.05) is 13.2 Å². The van der Waals surface area contributed by atoms with Gasteiger partial charge < -0.3 is 13.0 Å². The highest BCUT2D eigenvalue weighted by molar-refractivity contribution is 6.85. The minimum Gasteiger partial charge on any atom is -0.456 e. The summed E-state index contributed by atoms with van der Waals surface area (Å²) in [6, 6.07) is 3.45. The molecule has 0 unspecified atom stereocenters. The molecule has 0 fully saturated rings. The van der Waals surface area contributed by atoms with Gasteiger partial charge in [0.1, 0.15) is 0 Å². The molecule has 0 spiro atoms. The molecule has 0 atom stereocenters. The molecule has 0 aliphatic carbocycles. The Morgan fingerprint density at radius 1 is 0.833 bits per heavy atom. The number of hydrogen-bond acceptors (Lipinski definition) is 3. The molecule has 3 nitrogen and oxygen atoms in total. The van der Waals surface area contributed by atoms with Crippen LogP contribution in [0.25, 0.3) is 0 Å². The van der Waals surface area contributed by atoms with Gasteiger partial charge in [0.2, 0.25) is 0 Å². The summed E-state index contributed by atoms with van der Waals surface area (Å²) >= 11 is 0.